The van der Waals surface area contributed by atoms with Crippen LogP contribution in [0.5, 0.6) is 0 Å². The summed E-state index contributed by atoms with van der Waals surface area (Å²) in [6, 6.07) is 0. The van der Waals surface area contributed by atoms with Gasteiger partial charge in [0.25, 0.3) is 0 Å². The van der Waals surface area contributed by atoms with Gasteiger partial charge in [-0.05, 0) is 0 Å². The molecule has 0 N–H and O–H groups in total. The summed E-state index contributed by atoms with van der Waals surface area (Å²) in [5.74, 6) is 0. The first-order valence-corrected chi connectivity index (χ1v) is 1.96. The Morgan fingerprint density at radius 2 is 2.33 bits per heavy atom. The van der Waals surface area contributed by atoms with Crippen LogP contribution in [0, 0.1) is 0 Å². The lowest BCUT2D eigenvalue weighted by molar-refractivity contribution is 0.201. The van der Waals surface area contributed by atoms with Gasteiger partial charge in [0, 0.05) is 20.7 Å². The molecule has 0 saturated carbocycles. The van der Waals surface area contributed by atoms with E-state index >= 15 is 0 Å². The molecule has 0 aromatic heterocycles. The fraction of sp³-hybridized carbons (Fsp3) is 1.00. The highest BCUT2D eigenvalue weighted by molar-refractivity contribution is 4.29. The Morgan fingerprint density at radius 1 is 1.67 bits per heavy atom. The van der Waals surface area contributed by atoms with Crippen LogP contribution in [0.25, 0.3) is 0 Å². The van der Waals surface area contributed by atoms with Gasteiger partial charge in [-0.1, -0.05) is 0 Å². The summed E-state index contributed by atoms with van der Waals surface area (Å²) >= 11 is 0. The predicted octanol–water partition coefficient (Wildman–Crippen LogP) is -0.133. The predicted molar refractivity (Wildman–Crippen MR) is 24.8 cm³/mol. The SMILES string of the molecule is C[N]CCOC. The van der Waals surface area contributed by atoms with Crippen molar-refractivity contribution in [1.29, 1.82) is 0 Å². The van der Waals surface area contributed by atoms with E-state index in [1.807, 2.05) is 0 Å². The third kappa shape index (κ3) is 3.92. The molecule has 0 aliphatic carbocycles. The smallest absolute Gasteiger partial charge is 0.0603 e. The molecule has 2 nitrogen and oxygen atoms in total. The standard InChI is InChI=1S/C4H10NO/c1-5-3-4-6-2/h3-4H2,1-2H3. The van der Waals surface area contributed by atoms with Gasteiger partial charge in [0.15, 0.2) is 0 Å². The van der Waals surface area contributed by atoms with Crippen molar-refractivity contribution in [3.63, 3.8) is 0 Å². The van der Waals surface area contributed by atoms with Crippen LogP contribution in [0.4, 0.5) is 0 Å². The normalized spacial score (nSPS) is 9.00. The van der Waals surface area contributed by atoms with Gasteiger partial charge in [0.1, 0.15) is 0 Å². The van der Waals surface area contributed by atoms with Gasteiger partial charge in [-0.2, -0.15) is 0 Å². The average Bonchev–Trinajstić information content (AvgIpc) is 1.61. The van der Waals surface area contributed by atoms with Crippen LogP contribution in [0.1, 0.15) is 0 Å². The van der Waals surface area contributed by atoms with E-state index in [1.54, 1.807) is 14.2 Å². The second-order valence-corrected chi connectivity index (χ2v) is 1.03. The summed E-state index contributed by atoms with van der Waals surface area (Å²) in [6.07, 6.45) is 0. The maximum Gasteiger partial charge on any atom is 0.0603 e. The zero-order chi connectivity index (χ0) is 4.83. The maximum absolute atomic E-state index is 4.69. The van der Waals surface area contributed by atoms with Crippen molar-refractivity contribution >= 4 is 0 Å². The summed E-state index contributed by atoms with van der Waals surface area (Å²) in [7, 11) is 3.45. The number of likely N-dealkylation sites (N-methyl/N-ethyl adjacent to an activating group) is 1. The monoisotopic (exact) mass is 88.1 g/mol. The van der Waals surface area contributed by atoms with Crippen molar-refractivity contribution in [3.8, 4) is 0 Å². The Hall–Kier alpha value is -0.0800. The fourth-order valence-corrected chi connectivity index (χ4v) is 0.183. The first-order chi connectivity index (χ1) is 2.91. The second kappa shape index (κ2) is 4.92. The van der Waals surface area contributed by atoms with E-state index in [-0.39, 0.29) is 0 Å². The molecule has 1 radical (unpaired) electrons. The topological polar surface area (TPSA) is 23.3 Å². The molecular formula is C4H10NO. The minimum absolute atomic E-state index is 0.747. The van der Waals surface area contributed by atoms with Gasteiger partial charge in [0.05, 0.1) is 6.61 Å². The van der Waals surface area contributed by atoms with E-state index in [9.17, 15) is 0 Å². The summed E-state index contributed by atoms with van der Waals surface area (Å²) in [5.41, 5.74) is 0. The van der Waals surface area contributed by atoms with E-state index in [0.717, 1.165) is 13.2 Å². The van der Waals surface area contributed by atoms with Crippen LogP contribution < -0.4 is 5.32 Å². The first-order valence-electron chi connectivity index (χ1n) is 1.96. The largest absolute Gasteiger partial charge is 0.383 e. The van der Waals surface area contributed by atoms with Gasteiger partial charge in [-0.3, -0.25) is 0 Å². The van der Waals surface area contributed by atoms with Crippen molar-refractivity contribution in [1.82, 2.24) is 5.32 Å². The number of methoxy groups -OCH3 is 1. The first kappa shape index (κ1) is 5.92. The number of ether oxygens (including phenoxy) is 1. The van der Waals surface area contributed by atoms with Crippen molar-refractivity contribution in [3.05, 3.63) is 0 Å². The van der Waals surface area contributed by atoms with Crippen LogP contribution in [0.15, 0.2) is 0 Å². The Bertz CT molecular complexity index is 19.5. The van der Waals surface area contributed by atoms with Crippen LogP contribution in [0.2, 0.25) is 0 Å². The maximum atomic E-state index is 4.69. The number of hydrogen-bond acceptors (Lipinski definition) is 1. The molecule has 0 aromatic rings. The lowest BCUT2D eigenvalue weighted by Gasteiger charge is -1.90. The highest BCUT2D eigenvalue weighted by atomic mass is 16.5. The molecule has 0 fully saturated rings. The third-order valence-electron chi connectivity index (χ3n) is 0.519. The molecule has 2 heteroatoms. The van der Waals surface area contributed by atoms with Crippen molar-refractivity contribution < 1.29 is 4.74 Å². The van der Waals surface area contributed by atoms with Gasteiger partial charge in [-0.25, -0.2) is 5.32 Å². The van der Waals surface area contributed by atoms with Crippen LogP contribution >= 0.6 is 0 Å². The Labute approximate surface area is 38.5 Å². The van der Waals surface area contributed by atoms with E-state index in [0.29, 0.717) is 0 Å². The molecule has 0 heterocycles. The lowest BCUT2D eigenvalue weighted by Crippen LogP contribution is -2.05. The second-order valence-electron chi connectivity index (χ2n) is 1.03. The van der Waals surface area contributed by atoms with Gasteiger partial charge < -0.3 is 4.74 Å². The zero-order valence-electron chi connectivity index (χ0n) is 4.27. The highest BCUT2D eigenvalue weighted by Crippen LogP contribution is 1.59. The van der Waals surface area contributed by atoms with Crippen molar-refractivity contribution in [2.24, 2.45) is 0 Å². The zero-order valence-corrected chi connectivity index (χ0v) is 4.27. The van der Waals surface area contributed by atoms with Crippen molar-refractivity contribution in [2.45, 2.75) is 0 Å². The third-order valence-corrected chi connectivity index (χ3v) is 0.519. The molecular weight excluding hydrogens is 78.0 g/mol. The van der Waals surface area contributed by atoms with Crippen LogP contribution in [-0.4, -0.2) is 27.3 Å². The molecule has 0 rings (SSSR count). The van der Waals surface area contributed by atoms with Crippen LogP contribution in [-0.2, 0) is 4.74 Å². The summed E-state index contributed by atoms with van der Waals surface area (Å²) < 4.78 is 4.69. The van der Waals surface area contributed by atoms with Gasteiger partial charge in [0.2, 0.25) is 0 Å². The van der Waals surface area contributed by atoms with Gasteiger partial charge in [-0.15, -0.1) is 0 Å². The summed E-state index contributed by atoms with van der Waals surface area (Å²) in [4.78, 5) is 0. The summed E-state index contributed by atoms with van der Waals surface area (Å²) in [5, 5.41) is 3.80. The number of hydrogen-bond donors (Lipinski definition) is 0. The number of nitrogens with zero attached hydrogens (tertiary/aromatic N) is 1. The minimum Gasteiger partial charge on any atom is -0.383 e. The molecule has 0 aliphatic rings. The Morgan fingerprint density at radius 3 is 2.50 bits per heavy atom. The molecule has 0 saturated heterocycles. The van der Waals surface area contributed by atoms with E-state index in [1.165, 1.54) is 0 Å². The molecule has 0 aromatic carbocycles. The van der Waals surface area contributed by atoms with E-state index in [4.69, 9.17) is 0 Å². The molecule has 0 amide bonds. The van der Waals surface area contributed by atoms with Crippen molar-refractivity contribution in [2.75, 3.05) is 27.3 Å². The van der Waals surface area contributed by atoms with Crippen LogP contribution in [0.3, 0.4) is 0 Å². The quantitative estimate of drug-likeness (QED) is 0.441. The Balaban J connectivity index is 2.34. The summed E-state index contributed by atoms with van der Waals surface area (Å²) in [6.45, 7) is 1.56. The van der Waals surface area contributed by atoms with E-state index < -0.39 is 0 Å². The molecule has 0 unspecified atom stereocenters. The average molecular weight is 88.1 g/mol. The molecule has 0 atom stereocenters. The van der Waals surface area contributed by atoms with Gasteiger partial charge >= 0.3 is 0 Å². The molecule has 6 heavy (non-hydrogen) atoms. The fourth-order valence-electron chi connectivity index (χ4n) is 0.183. The minimum atomic E-state index is 0.747. The lowest BCUT2D eigenvalue weighted by atomic mass is 10.7. The van der Waals surface area contributed by atoms with E-state index in [2.05, 4.69) is 10.1 Å². The molecule has 37 valence electrons. The Kier molecular flexibility index (Phi) is 4.85. The highest BCUT2D eigenvalue weighted by Gasteiger charge is 1.74. The number of rotatable bonds is 3. The molecule has 0 spiro atoms. The molecule has 0 bridgehead atoms. The molecule has 0 aliphatic heterocycles.